The molecule has 3 aliphatic rings. The number of carbonyl (C=O) groups is 1. The fourth-order valence-electron chi connectivity index (χ4n) is 5.80. The first kappa shape index (κ1) is 24.8. The minimum atomic E-state index is -1.86. The molecule has 0 radical (unpaired) electrons. The number of benzene rings is 1. The fourth-order valence-corrected chi connectivity index (χ4v) is 5.80. The van der Waals surface area contributed by atoms with E-state index in [0.717, 1.165) is 47.8 Å². The molecule has 0 amide bonds. The zero-order chi connectivity index (χ0) is 26.6. The Balaban J connectivity index is 1.47. The lowest BCUT2D eigenvalue weighted by atomic mass is 9.86. The highest BCUT2D eigenvalue weighted by atomic mass is 16.7. The number of hydrogen-bond donors (Lipinski definition) is 2. The van der Waals surface area contributed by atoms with Crippen LogP contribution in [0.25, 0.3) is 22.3 Å². The van der Waals surface area contributed by atoms with Gasteiger partial charge in [0.25, 0.3) is 5.56 Å². The second-order valence-corrected chi connectivity index (χ2v) is 10.2. The summed E-state index contributed by atoms with van der Waals surface area (Å²) < 4.78 is 18.1. The van der Waals surface area contributed by atoms with Gasteiger partial charge in [0.2, 0.25) is 6.79 Å². The van der Waals surface area contributed by atoms with Crippen molar-refractivity contribution < 1.29 is 29.2 Å². The fraction of sp³-hybridized carbons (Fsp3) is 0.464. The van der Waals surface area contributed by atoms with Crippen molar-refractivity contribution in [1.29, 1.82) is 0 Å². The van der Waals surface area contributed by atoms with Gasteiger partial charge in [-0.1, -0.05) is 6.92 Å². The highest BCUT2D eigenvalue weighted by Crippen LogP contribution is 2.43. The third kappa shape index (κ3) is 3.78. The number of unbranched alkanes of at least 4 members (excludes halogenated alkanes) is 1. The molecule has 10 heteroatoms. The van der Waals surface area contributed by atoms with Crippen molar-refractivity contribution in [2.24, 2.45) is 0 Å². The molecule has 0 saturated heterocycles. The van der Waals surface area contributed by atoms with Crippen LogP contribution in [0.4, 0.5) is 0 Å². The van der Waals surface area contributed by atoms with Gasteiger partial charge >= 0.3 is 5.97 Å². The first-order chi connectivity index (χ1) is 18.4. The molecule has 3 aliphatic heterocycles. The monoisotopic (exact) mass is 521 g/mol. The van der Waals surface area contributed by atoms with E-state index in [9.17, 15) is 19.8 Å². The number of likely N-dealkylation sites (N-methyl/N-ethyl adjacent to an activating group) is 1. The van der Waals surface area contributed by atoms with E-state index in [1.165, 1.54) is 0 Å². The Bertz CT molecular complexity index is 1520. The molecule has 0 spiro atoms. The highest BCUT2D eigenvalue weighted by molar-refractivity contribution is 5.91. The number of cyclic esters (lactones) is 1. The van der Waals surface area contributed by atoms with E-state index in [-0.39, 0.29) is 32.0 Å². The summed E-state index contributed by atoms with van der Waals surface area (Å²) in [6.07, 6.45) is 2.73. The van der Waals surface area contributed by atoms with Gasteiger partial charge in [-0.25, -0.2) is 9.78 Å². The average molecular weight is 522 g/mol. The number of hydrogen-bond acceptors (Lipinski definition) is 9. The Morgan fingerprint density at radius 3 is 2.63 bits per heavy atom. The molecule has 10 nitrogen and oxygen atoms in total. The Kier molecular flexibility index (Phi) is 6.13. The van der Waals surface area contributed by atoms with Gasteiger partial charge in [-0.2, -0.15) is 0 Å². The standard InChI is InChI=1S/C28H31N3O7/c1-3-28(35)20-11-22-25-18(13-31(22)26(33)19(20)14-36-27(28)34)16(6-4-5-7-30(2)8-9-32)17-10-23-24(38-15-37-23)12-21(17)29-25/h10-12,32,35H,3-9,13-15H2,1-2H3/t28-/m0/s1. The van der Waals surface area contributed by atoms with E-state index in [0.29, 0.717) is 47.1 Å². The van der Waals surface area contributed by atoms with Crippen LogP contribution in [-0.4, -0.2) is 64.2 Å². The van der Waals surface area contributed by atoms with Crippen LogP contribution < -0.4 is 15.0 Å². The molecule has 5 heterocycles. The van der Waals surface area contributed by atoms with Gasteiger partial charge < -0.3 is 33.9 Å². The molecule has 2 aromatic heterocycles. The molecular formula is C28H31N3O7. The molecule has 1 atom stereocenters. The van der Waals surface area contributed by atoms with Crippen LogP contribution in [0.1, 0.15) is 48.4 Å². The maximum atomic E-state index is 13.6. The van der Waals surface area contributed by atoms with Crippen molar-refractivity contribution >= 4 is 16.9 Å². The number of aliphatic hydroxyl groups excluding tert-OH is 1. The molecule has 1 aromatic carbocycles. The summed E-state index contributed by atoms with van der Waals surface area (Å²) in [7, 11) is 1.99. The number of esters is 1. The Morgan fingerprint density at radius 2 is 1.87 bits per heavy atom. The summed E-state index contributed by atoms with van der Waals surface area (Å²) in [6, 6.07) is 5.58. The predicted molar refractivity (Wildman–Crippen MR) is 138 cm³/mol. The van der Waals surface area contributed by atoms with Crippen molar-refractivity contribution in [3.63, 3.8) is 0 Å². The zero-order valence-electron chi connectivity index (χ0n) is 21.6. The topological polar surface area (TPSA) is 123 Å². The molecule has 6 rings (SSSR count). The summed E-state index contributed by atoms with van der Waals surface area (Å²) in [4.78, 5) is 33.2. The summed E-state index contributed by atoms with van der Waals surface area (Å²) in [5.41, 5.74) is 2.56. The lowest BCUT2D eigenvalue weighted by Crippen LogP contribution is -2.44. The lowest BCUT2D eigenvalue weighted by molar-refractivity contribution is -0.172. The summed E-state index contributed by atoms with van der Waals surface area (Å²) in [6.45, 7) is 3.69. The van der Waals surface area contributed by atoms with Gasteiger partial charge in [0.1, 0.15) is 6.61 Å². The van der Waals surface area contributed by atoms with Crippen LogP contribution in [0.5, 0.6) is 11.5 Å². The van der Waals surface area contributed by atoms with E-state index in [1.807, 2.05) is 19.2 Å². The number of aryl methyl sites for hydroxylation is 1. The number of aliphatic hydroxyl groups is 2. The lowest BCUT2D eigenvalue weighted by Gasteiger charge is -2.31. The molecule has 2 N–H and O–H groups in total. The second kappa shape index (κ2) is 9.37. The molecule has 0 fully saturated rings. The highest BCUT2D eigenvalue weighted by Gasteiger charge is 2.45. The van der Waals surface area contributed by atoms with Crippen LogP contribution >= 0.6 is 0 Å². The molecule has 0 unspecified atom stereocenters. The van der Waals surface area contributed by atoms with E-state index < -0.39 is 11.6 Å². The van der Waals surface area contributed by atoms with Gasteiger partial charge in [0.15, 0.2) is 17.1 Å². The summed E-state index contributed by atoms with van der Waals surface area (Å²) in [5.74, 6) is 0.571. The average Bonchev–Trinajstić information content (AvgIpc) is 3.52. The van der Waals surface area contributed by atoms with E-state index in [2.05, 4.69) is 4.90 Å². The maximum Gasteiger partial charge on any atom is 0.343 e. The normalized spacial score (nSPS) is 19.0. The van der Waals surface area contributed by atoms with Gasteiger partial charge in [-0.05, 0) is 57.0 Å². The number of aromatic nitrogens is 2. The van der Waals surface area contributed by atoms with Gasteiger partial charge in [0.05, 0.1) is 35.6 Å². The minimum Gasteiger partial charge on any atom is -0.458 e. The SMILES string of the molecule is CC[C@@]1(O)C(=O)OCc2c1cc1n(c2=O)Cc2c-1nc1cc3c(cc1c2CCCCN(C)CCO)OCO3. The van der Waals surface area contributed by atoms with Crippen molar-refractivity contribution in [3.05, 3.63) is 50.8 Å². The van der Waals surface area contributed by atoms with Crippen LogP contribution in [0, 0.1) is 0 Å². The van der Waals surface area contributed by atoms with Crippen LogP contribution in [0.3, 0.4) is 0 Å². The molecular weight excluding hydrogens is 490 g/mol. The molecule has 0 aliphatic carbocycles. The zero-order valence-corrected chi connectivity index (χ0v) is 21.6. The number of ether oxygens (including phenoxy) is 3. The maximum absolute atomic E-state index is 13.6. The number of fused-ring (bicyclic) bond motifs is 6. The minimum absolute atomic E-state index is 0.0964. The van der Waals surface area contributed by atoms with Crippen LogP contribution in [0.15, 0.2) is 23.0 Å². The van der Waals surface area contributed by atoms with E-state index in [4.69, 9.17) is 19.2 Å². The van der Waals surface area contributed by atoms with Crippen molar-refractivity contribution in [1.82, 2.24) is 14.5 Å². The molecule has 0 saturated carbocycles. The van der Waals surface area contributed by atoms with Crippen molar-refractivity contribution in [2.45, 2.75) is 51.4 Å². The summed E-state index contributed by atoms with van der Waals surface area (Å²) >= 11 is 0. The first-order valence-corrected chi connectivity index (χ1v) is 13.1. The van der Waals surface area contributed by atoms with Gasteiger partial charge in [0, 0.05) is 29.1 Å². The number of nitrogens with zero attached hydrogens (tertiary/aromatic N) is 3. The summed E-state index contributed by atoms with van der Waals surface area (Å²) in [5, 5.41) is 21.3. The van der Waals surface area contributed by atoms with E-state index >= 15 is 0 Å². The quantitative estimate of drug-likeness (QED) is 0.265. The third-order valence-electron chi connectivity index (χ3n) is 8.00. The Morgan fingerprint density at radius 1 is 1.08 bits per heavy atom. The van der Waals surface area contributed by atoms with Crippen LogP contribution in [-0.2, 0) is 34.7 Å². The molecule has 200 valence electrons. The Hall–Kier alpha value is -3.47. The van der Waals surface area contributed by atoms with E-state index in [1.54, 1.807) is 17.6 Å². The third-order valence-corrected chi connectivity index (χ3v) is 8.00. The van der Waals surface area contributed by atoms with Crippen molar-refractivity contribution in [2.75, 3.05) is 33.5 Å². The molecule has 0 bridgehead atoms. The van der Waals surface area contributed by atoms with Gasteiger partial charge in [-0.15, -0.1) is 0 Å². The number of carbonyl (C=O) groups excluding carboxylic acids is 1. The molecule has 3 aromatic rings. The number of pyridine rings is 2. The first-order valence-electron chi connectivity index (χ1n) is 13.1. The predicted octanol–water partition coefficient (Wildman–Crippen LogP) is 2.06. The van der Waals surface area contributed by atoms with Gasteiger partial charge in [-0.3, -0.25) is 4.79 Å². The Labute approximate surface area is 219 Å². The largest absolute Gasteiger partial charge is 0.458 e. The number of rotatable bonds is 8. The smallest absolute Gasteiger partial charge is 0.343 e. The molecule has 38 heavy (non-hydrogen) atoms. The second-order valence-electron chi connectivity index (χ2n) is 10.2. The van der Waals surface area contributed by atoms with Crippen LogP contribution in [0.2, 0.25) is 0 Å². The van der Waals surface area contributed by atoms with Crippen molar-refractivity contribution in [3.8, 4) is 22.9 Å².